The van der Waals surface area contributed by atoms with Gasteiger partial charge in [-0.2, -0.15) is 0 Å². The molecular formula is C83H114N12O24Si. The van der Waals surface area contributed by atoms with Crippen LogP contribution in [-0.2, 0) is 162 Å². The number of primary amides is 1. The van der Waals surface area contributed by atoms with Crippen LogP contribution in [0, 0.1) is 11.3 Å². The van der Waals surface area contributed by atoms with Crippen LogP contribution in [0.1, 0.15) is 105 Å². The highest BCUT2D eigenvalue weighted by atomic mass is 28.3. The second-order valence-electron chi connectivity index (χ2n) is 30.3. The second kappa shape index (κ2) is 52.2. The van der Waals surface area contributed by atoms with Gasteiger partial charge < -0.3 is 102 Å². The van der Waals surface area contributed by atoms with Gasteiger partial charge in [0.15, 0.2) is 0 Å². The number of rotatable bonds is 55. The van der Waals surface area contributed by atoms with Crippen LogP contribution in [0.15, 0.2) is 116 Å². The number of imidazole rings is 1. The molecule has 1 heterocycles. The Balaban J connectivity index is 1.22. The van der Waals surface area contributed by atoms with Crippen LogP contribution < -0.4 is 53.6 Å². The van der Waals surface area contributed by atoms with Crippen LogP contribution >= 0.6 is 0 Å². The topological polar surface area (TPSA) is 513 Å². The molecule has 654 valence electrons. The van der Waals surface area contributed by atoms with Gasteiger partial charge in [-0.25, -0.2) is 4.98 Å². The lowest BCUT2D eigenvalue weighted by Gasteiger charge is -2.33. The molecule has 0 fully saturated rings. The Morgan fingerprint density at radius 1 is 0.442 bits per heavy atom. The summed E-state index contributed by atoms with van der Waals surface area (Å²) in [5.74, 6) is -10.8. The van der Waals surface area contributed by atoms with Gasteiger partial charge in [0.25, 0.3) is 0 Å². The van der Waals surface area contributed by atoms with E-state index in [-0.39, 0.29) is 117 Å². The van der Waals surface area contributed by atoms with Gasteiger partial charge in [0.05, 0.1) is 103 Å². The molecule has 0 saturated heterocycles. The van der Waals surface area contributed by atoms with Gasteiger partial charge in [-0.15, -0.1) is 0 Å². The molecule has 0 radical (unpaired) electrons. The Hall–Kier alpha value is -11.8. The molecule has 120 heavy (non-hydrogen) atoms. The van der Waals surface area contributed by atoms with E-state index < -0.39 is 171 Å². The van der Waals surface area contributed by atoms with E-state index in [9.17, 15) is 77.0 Å². The van der Waals surface area contributed by atoms with E-state index in [1.807, 2.05) is 12.1 Å². The number of benzene rings is 4. The van der Waals surface area contributed by atoms with Crippen LogP contribution in [-0.4, -0.2) is 227 Å². The van der Waals surface area contributed by atoms with Gasteiger partial charge in [0.2, 0.25) is 59.1 Å². The Bertz CT molecular complexity index is 4170. The molecule has 0 bridgehead atoms. The third-order valence-electron chi connectivity index (χ3n) is 18.0. The van der Waals surface area contributed by atoms with Gasteiger partial charge in [0, 0.05) is 73.6 Å². The normalized spacial score (nSPS) is 13.1. The Kier molecular flexibility index (Phi) is 43.0. The van der Waals surface area contributed by atoms with Gasteiger partial charge in [-0.1, -0.05) is 137 Å². The summed E-state index contributed by atoms with van der Waals surface area (Å²) in [5.41, 5.74) is 9.81. The molecule has 5 aromatic rings. The van der Waals surface area contributed by atoms with E-state index in [1.165, 1.54) is 34.0 Å². The highest BCUT2D eigenvalue weighted by Crippen LogP contribution is 2.25. The molecule has 0 aliphatic carbocycles. The average Bonchev–Trinajstić information content (AvgIpc) is 0.937. The van der Waals surface area contributed by atoms with Crippen molar-refractivity contribution >= 4 is 97.0 Å². The van der Waals surface area contributed by atoms with Gasteiger partial charge in [-0.3, -0.25) is 71.9 Å². The van der Waals surface area contributed by atoms with E-state index in [1.54, 1.807) is 111 Å². The first-order valence-corrected chi connectivity index (χ1v) is 43.0. The predicted molar refractivity (Wildman–Crippen MR) is 436 cm³/mol. The maximum Gasteiger partial charge on any atom is 0.325 e. The molecular weight excluding hydrogens is 1580 g/mol. The smallest absolute Gasteiger partial charge is 0.325 e. The van der Waals surface area contributed by atoms with Crippen molar-refractivity contribution in [1.82, 2.24) is 57.8 Å². The Morgan fingerprint density at radius 3 is 1.29 bits per heavy atom. The zero-order chi connectivity index (χ0) is 88.2. The predicted octanol–water partition coefficient (Wildman–Crippen LogP) is 1.15. The highest BCUT2D eigenvalue weighted by Gasteiger charge is 2.36. The lowest BCUT2D eigenvalue weighted by molar-refractivity contribution is -0.158. The SMILES string of the molecule is CC(=O)N[C@@H](C)C(=O)N[C@@H](Cc1c[nH]cn1)C(=O)NCC(=O)OCCc1ccc(COCC(COCc2ccc(CCOC(=O)CNC(=O)[C@H](CO)NC(=O)[C@H](Cc3ccccc3)NC(C)=O)cc2)(COCc2ccc(CCOC(=O)CNC(=O)[C@H](CC(=O)OCC[Si](C)(C)C)NC(=O)[C@@H](NC(C)=O)C(C)C)cc2)COC(=O)CCC(N)=O)cc1. The van der Waals surface area contributed by atoms with Crippen molar-refractivity contribution in [2.24, 2.45) is 17.1 Å². The number of H-pyrrole nitrogens is 1. The summed E-state index contributed by atoms with van der Waals surface area (Å²) in [6, 6.07) is 24.0. The highest BCUT2D eigenvalue weighted by molar-refractivity contribution is 6.76. The van der Waals surface area contributed by atoms with Gasteiger partial charge in [-0.05, 0) is 57.8 Å². The second-order valence-corrected chi connectivity index (χ2v) is 35.9. The summed E-state index contributed by atoms with van der Waals surface area (Å²) < 4.78 is 46.6. The average molecular weight is 1690 g/mol. The van der Waals surface area contributed by atoms with Crippen LogP contribution in [0.4, 0.5) is 0 Å². The number of carbonyl (C=O) groups is 15. The molecule has 0 saturated carbocycles. The molecule has 10 amide bonds. The number of hydrogen-bond acceptors (Lipinski definition) is 25. The molecule has 4 aromatic carbocycles. The number of nitrogens with zero attached hydrogens (tertiary/aromatic N) is 1. The van der Waals surface area contributed by atoms with Crippen molar-refractivity contribution in [3.05, 3.63) is 160 Å². The van der Waals surface area contributed by atoms with Crippen LogP contribution in [0.2, 0.25) is 25.7 Å². The number of aliphatic hydroxyl groups is 1. The summed E-state index contributed by atoms with van der Waals surface area (Å²) in [6.07, 6.45) is 2.73. The van der Waals surface area contributed by atoms with E-state index in [2.05, 4.69) is 77.5 Å². The third kappa shape index (κ3) is 40.1. The quantitative estimate of drug-likeness (QED) is 0.0148. The Morgan fingerprint density at radius 2 is 0.867 bits per heavy atom. The molecule has 37 heteroatoms. The van der Waals surface area contributed by atoms with Crippen molar-refractivity contribution in [2.45, 2.75) is 175 Å². The van der Waals surface area contributed by atoms with Crippen molar-refractivity contribution in [2.75, 3.05) is 79.1 Å². The largest absolute Gasteiger partial charge is 0.466 e. The number of esters is 5. The first-order valence-electron chi connectivity index (χ1n) is 39.3. The lowest BCUT2D eigenvalue weighted by Crippen LogP contribution is -2.56. The summed E-state index contributed by atoms with van der Waals surface area (Å²) in [7, 11) is -1.59. The van der Waals surface area contributed by atoms with Crippen molar-refractivity contribution in [1.29, 1.82) is 0 Å². The zero-order valence-corrected chi connectivity index (χ0v) is 70.3. The molecule has 0 aliphatic rings. The molecule has 1 unspecified atom stereocenters. The Labute approximate surface area is 697 Å². The van der Waals surface area contributed by atoms with Crippen molar-refractivity contribution in [3.63, 3.8) is 0 Å². The third-order valence-corrected chi connectivity index (χ3v) is 19.7. The van der Waals surface area contributed by atoms with Gasteiger partial charge in [0.1, 0.15) is 62.5 Å². The van der Waals surface area contributed by atoms with Gasteiger partial charge >= 0.3 is 29.8 Å². The summed E-state index contributed by atoms with van der Waals surface area (Å²) in [5, 5.41) is 32.3. The van der Waals surface area contributed by atoms with Crippen molar-refractivity contribution < 1.29 is 115 Å². The number of aromatic amines is 1. The molecule has 7 atom stereocenters. The molecule has 0 spiro atoms. The number of aromatic nitrogens is 2. The fourth-order valence-corrected chi connectivity index (χ4v) is 12.1. The number of carbonyl (C=O) groups excluding carboxylic acids is 15. The lowest BCUT2D eigenvalue weighted by atomic mass is 9.92. The number of nitrogens with one attached hydrogen (secondary N) is 10. The van der Waals surface area contributed by atoms with E-state index in [0.717, 1.165) is 27.8 Å². The number of nitrogens with two attached hydrogens (primary N) is 1. The van der Waals surface area contributed by atoms with E-state index in [4.69, 9.17) is 43.6 Å². The molecule has 13 N–H and O–H groups in total. The first-order chi connectivity index (χ1) is 57.1. The fourth-order valence-electron chi connectivity index (χ4n) is 11.4. The molecule has 36 nitrogen and oxygen atoms in total. The number of amides is 10. The van der Waals surface area contributed by atoms with Crippen LogP contribution in [0.3, 0.4) is 0 Å². The summed E-state index contributed by atoms with van der Waals surface area (Å²) in [6.45, 7) is 11.8. The van der Waals surface area contributed by atoms with Crippen LogP contribution in [0.5, 0.6) is 0 Å². The van der Waals surface area contributed by atoms with E-state index >= 15 is 0 Å². The number of aliphatic hydroxyl groups excluding tert-OH is 1. The van der Waals surface area contributed by atoms with Crippen LogP contribution in [0.25, 0.3) is 0 Å². The minimum atomic E-state index is -1.59. The minimum Gasteiger partial charge on any atom is -0.466 e. The summed E-state index contributed by atoms with van der Waals surface area (Å²) in [4.78, 5) is 198. The van der Waals surface area contributed by atoms with E-state index in [0.29, 0.717) is 29.3 Å². The standard InChI is InChI=1S/C83H114N12O24Si/c1-53(2)76(92-57(6)99)82(111)94-68(39-72(102)118-35-36-120(7,8)9)79(108)87-42-74(104)116-33-30-59-17-23-63(24-18-59)46-113-49-83(51-119-71(101)28-27-70(84)100,48-112-45-62-21-15-58(16-22-62)29-32-115-73(103)41-86-78(107)67(38-65-40-85-52-89-65)93-77(106)54(3)90-55(4)97)50-114-47-64-25-19-60(20-26-64)31-34-117-75(105)43-88-80(109)69(44-96)95-81(110)66(91-56(5)98)37-61-13-11-10-12-14-61/h10-26,40,52-54,66-69,76,96H,27-39,41-51H2,1-9H3,(H2,84,100)(H,85,89)(H,86,107)(H,87,108)(H,88,109)(H,90,97)(H,91,98)(H,92,99)(H,93,106)(H,94,111)(H,95,110)/t54-,66-,67-,68-,69-,76-,83?/m0/s1. The maximum atomic E-state index is 13.5. The summed E-state index contributed by atoms with van der Waals surface area (Å²) >= 11 is 0. The number of ether oxygens (including phenoxy) is 8. The zero-order valence-electron chi connectivity index (χ0n) is 69.3. The molecule has 0 aliphatic heterocycles. The first kappa shape index (κ1) is 98.8. The minimum absolute atomic E-state index is 0.0168. The molecule has 1 aromatic heterocycles. The monoisotopic (exact) mass is 1690 g/mol. The number of hydrogen-bond donors (Lipinski definition) is 12. The maximum absolute atomic E-state index is 13.5. The van der Waals surface area contributed by atoms with Crippen molar-refractivity contribution in [3.8, 4) is 0 Å². The fraction of sp³-hybridized carbons (Fsp3) is 0.494. The molecule has 5 rings (SSSR count).